The SMILES string of the molecule is CC1C(S)CCC(C)(C)C1N(C)c1ccc(C(=O)O)cc1. The van der Waals surface area contributed by atoms with E-state index in [1.54, 1.807) is 12.1 Å². The molecule has 0 bridgehead atoms. The van der Waals surface area contributed by atoms with E-state index in [0.29, 0.717) is 22.8 Å². The summed E-state index contributed by atoms with van der Waals surface area (Å²) in [6.07, 6.45) is 2.31. The molecule has 1 aromatic carbocycles. The third kappa shape index (κ3) is 3.20. The van der Waals surface area contributed by atoms with Gasteiger partial charge in [0.05, 0.1) is 5.56 Å². The van der Waals surface area contributed by atoms with Crippen LogP contribution in [0.1, 0.15) is 44.0 Å². The van der Waals surface area contributed by atoms with E-state index in [1.165, 1.54) is 0 Å². The molecule has 0 spiro atoms. The molecule has 1 aliphatic rings. The molecule has 1 saturated carbocycles. The van der Waals surface area contributed by atoms with Crippen molar-refractivity contribution in [1.82, 2.24) is 0 Å². The third-order valence-corrected chi connectivity index (χ3v) is 5.66. The van der Waals surface area contributed by atoms with Gasteiger partial charge in [-0.3, -0.25) is 0 Å². The first kappa shape index (κ1) is 16.2. The normalized spacial score (nSPS) is 28.1. The Morgan fingerprint density at radius 3 is 2.43 bits per heavy atom. The first-order valence-electron chi connectivity index (χ1n) is 7.48. The largest absolute Gasteiger partial charge is 0.478 e. The average Bonchev–Trinajstić information content (AvgIpc) is 2.43. The second-order valence-electron chi connectivity index (χ2n) is 6.86. The first-order chi connectivity index (χ1) is 9.74. The Bertz CT molecular complexity index is 512. The minimum atomic E-state index is -0.883. The molecule has 0 heterocycles. The molecule has 21 heavy (non-hydrogen) atoms. The topological polar surface area (TPSA) is 40.5 Å². The van der Waals surface area contributed by atoms with Crippen molar-refractivity contribution >= 4 is 24.3 Å². The third-order valence-electron chi connectivity index (χ3n) is 4.93. The molecule has 0 saturated heterocycles. The van der Waals surface area contributed by atoms with E-state index in [4.69, 9.17) is 17.7 Å². The van der Waals surface area contributed by atoms with Crippen LogP contribution in [0.25, 0.3) is 0 Å². The van der Waals surface area contributed by atoms with Gasteiger partial charge in [-0.05, 0) is 48.4 Å². The zero-order chi connectivity index (χ0) is 15.8. The smallest absolute Gasteiger partial charge is 0.335 e. The fourth-order valence-corrected chi connectivity index (χ4v) is 4.02. The molecule has 116 valence electrons. The van der Waals surface area contributed by atoms with Gasteiger partial charge in [0.2, 0.25) is 0 Å². The van der Waals surface area contributed by atoms with Crippen LogP contribution in [0.5, 0.6) is 0 Å². The Hall–Kier alpha value is -1.16. The number of carbonyl (C=O) groups is 1. The van der Waals surface area contributed by atoms with E-state index in [0.717, 1.165) is 18.5 Å². The molecule has 4 heteroatoms. The highest BCUT2D eigenvalue weighted by Gasteiger charge is 2.42. The van der Waals surface area contributed by atoms with Gasteiger partial charge in [-0.25, -0.2) is 4.79 Å². The molecule has 0 aliphatic heterocycles. The van der Waals surface area contributed by atoms with Crippen molar-refractivity contribution in [3.05, 3.63) is 29.8 Å². The number of thiol groups is 1. The number of aromatic carboxylic acids is 1. The molecule has 0 amide bonds. The van der Waals surface area contributed by atoms with Crippen molar-refractivity contribution in [1.29, 1.82) is 0 Å². The highest BCUT2D eigenvalue weighted by molar-refractivity contribution is 7.81. The molecule has 1 fully saturated rings. The van der Waals surface area contributed by atoms with Crippen molar-refractivity contribution in [2.75, 3.05) is 11.9 Å². The molecule has 1 N–H and O–H groups in total. The van der Waals surface area contributed by atoms with Crippen LogP contribution >= 0.6 is 12.6 Å². The summed E-state index contributed by atoms with van der Waals surface area (Å²) in [5.41, 5.74) is 1.61. The Morgan fingerprint density at radius 1 is 1.33 bits per heavy atom. The van der Waals surface area contributed by atoms with Gasteiger partial charge in [0, 0.05) is 24.0 Å². The monoisotopic (exact) mass is 307 g/mol. The molecule has 0 aromatic heterocycles. The molecule has 0 radical (unpaired) electrons. The van der Waals surface area contributed by atoms with Gasteiger partial charge < -0.3 is 10.0 Å². The van der Waals surface area contributed by atoms with Gasteiger partial charge in [0.1, 0.15) is 0 Å². The molecule has 3 atom stereocenters. The van der Waals surface area contributed by atoms with E-state index >= 15 is 0 Å². The lowest BCUT2D eigenvalue weighted by Gasteiger charge is -2.50. The number of rotatable bonds is 3. The lowest BCUT2D eigenvalue weighted by molar-refractivity contribution is 0.0697. The molecule has 2 rings (SSSR count). The van der Waals surface area contributed by atoms with Crippen molar-refractivity contribution in [3.63, 3.8) is 0 Å². The molecule has 3 unspecified atom stereocenters. The summed E-state index contributed by atoms with van der Waals surface area (Å²) in [5, 5.41) is 9.42. The van der Waals surface area contributed by atoms with Crippen LogP contribution in [-0.2, 0) is 0 Å². The van der Waals surface area contributed by atoms with Crippen LogP contribution in [0.2, 0.25) is 0 Å². The number of hydrogen-bond donors (Lipinski definition) is 2. The number of anilines is 1. The Kier molecular flexibility index (Phi) is 4.57. The Balaban J connectivity index is 2.28. The van der Waals surface area contributed by atoms with Gasteiger partial charge in [-0.1, -0.05) is 20.8 Å². The quantitative estimate of drug-likeness (QED) is 0.831. The highest BCUT2D eigenvalue weighted by Crippen LogP contribution is 2.44. The first-order valence-corrected chi connectivity index (χ1v) is 8.00. The van der Waals surface area contributed by atoms with Gasteiger partial charge >= 0.3 is 5.97 Å². The van der Waals surface area contributed by atoms with Crippen molar-refractivity contribution in [3.8, 4) is 0 Å². The summed E-state index contributed by atoms with van der Waals surface area (Å²) in [6, 6.07) is 7.53. The van der Waals surface area contributed by atoms with Crippen LogP contribution in [-0.4, -0.2) is 29.4 Å². The standard InChI is InChI=1S/C17H25NO2S/c1-11-14(21)9-10-17(2,3)15(11)18(4)13-7-5-12(6-8-13)16(19)20/h5-8,11,14-15,21H,9-10H2,1-4H3,(H,19,20). The minimum Gasteiger partial charge on any atom is -0.478 e. The van der Waals surface area contributed by atoms with Crippen LogP contribution in [0.4, 0.5) is 5.69 Å². The maximum Gasteiger partial charge on any atom is 0.335 e. The number of nitrogens with zero attached hydrogens (tertiary/aromatic N) is 1. The number of benzene rings is 1. The number of carboxylic acids is 1. The highest BCUT2D eigenvalue weighted by atomic mass is 32.1. The molecule has 1 aliphatic carbocycles. The van der Waals surface area contributed by atoms with E-state index < -0.39 is 5.97 Å². The lowest BCUT2D eigenvalue weighted by Crippen LogP contribution is -2.53. The van der Waals surface area contributed by atoms with E-state index in [1.807, 2.05) is 12.1 Å². The summed E-state index contributed by atoms with van der Waals surface area (Å²) in [5.74, 6) is -0.396. The summed E-state index contributed by atoms with van der Waals surface area (Å²) in [7, 11) is 2.10. The van der Waals surface area contributed by atoms with Gasteiger partial charge in [-0.2, -0.15) is 12.6 Å². The summed E-state index contributed by atoms with van der Waals surface area (Å²) < 4.78 is 0. The summed E-state index contributed by atoms with van der Waals surface area (Å²) in [6.45, 7) is 6.90. The zero-order valence-corrected chi connectivity index (χ0v) is 14.1. The van der Waals surface area contributed by atoms with Crippen LogP contribution in [0.15, 0.2) is 24.3 Å². The Morgan fingerprint density at radius 2 is 1.90 bits per heavy atom. The van der Waals surface area contributed by atoms with Crippen molar-refractivity contribution in [2.24, 2.45) is 11.3 Å². The minimum absolute atomic E-state index is 0.221. The van der Waals surface area contributed by atoms with Crippen molar-refractivity contribution < 1.29 is 9.90 Å². The average molecular weight is 307 g/mol. The second-order valence-corrected chi connectivity index (χ2v) is 7.52. The van der Waals surface area contributed by atoms with E-state index in [2.05, 4.69) is 32.7 Å². The second kappa shape index (κ2) is 5.91. The van der Waals surface area contributed by atoms with Crippen LogP contribution in [0.3, 0.4) is 0 Å². The van der Waals surface area contributed by atoms with Crippen LogP contribution in [0, 0.1) is 11.3 Å². The zero-order valence-electron chi connectivity index (χ0n) is 13.2. The summed E-state index contributed by atoms with van der Waals surface area (Å²) in [4.78, 5) is 13.2. The van der Waals surface area contributed by atoms with Gasteiger partial charge in [-0.15, -0.1) is 0 Å². The van der Waals surface area contributed by atoms with E-state index in [-0.39, 0.29) is 5.41 Å². The van der Waals surface area contributed by atoms with Crippen molar-refractivity contribution in [2.45, 2.75) is 44.9 Å². The fraction of sp³-hybridized carbons (Fsp3) is 0.588. The summed E-state index contributed by atoms with van der Waals surface area (Å²) >= 11 is 4.74. The van der Waals surface area contributed by atoms with Gasteiger partial charge in [0.15, 0.2) is 0 Å². The van der Waals surface area contributed by atoms with Gasteiger partial charge in [0.25, 0.3) is 0 Å². The number of hydrogen-bond acceptors (Lipinski definition) is 3. The predicted octanol–water partition coefficient (Wildman–Crippen LogP) is 3.94. The number of carboxylic acid groups (broad SMARTS) is 1. The predicted molar refractivity (Wildman–Crippen MR) is 90.5 cm³/mol. The molecule has 3 nitrogen and oxygen atoms in total. The lowest BCUT2D eigenvalue weighted by atomic mass is 9.67. The van der Waals surface area contributed by atoms with E-state index in [9.17, 15) is 4.79 Å². The molecular formula is C17H25NO2S. The maximum atomic E-state index is 11.0. The Labute approximate surface area is 132 Å². The maximum absolute atomic E-state index is 11.0. The van der Waals surface area contributed by atoms with Crippen LogP contribution < -0.4 is 4.90 Å². The molecular weight excluding hydrogens is 282 g/mol. The molecule has 1 aromatic rings. The fourth-order valence-electron chi connectivity index (χ4n) is 3.73.